The predicted octanol–water partition coefficient (Wildman–Crippen LogP) is 3.76. The van der Waals surface area contributed by atoms with Crippen LogP contribution in [0.5, 0.6) is 0 Å². The molecule has 0 aliphatic carbocycles. The number of benzene rings is 1. The van der Waals surface area contributed by atoms with Gasteiger partial charge in [0.15, 0.2) is 0 Å². The minimum Gasteiger partial charge on any atom is -0.166 e. The van der Waals surface area contributed by atoms with Crippen molar-refractivity contribution in [1.82, 2.24) is 0 Å². The summed E-state index contributed by atoms with van der Waals surface area (Å²) in [4.78, 5) is 9.93. The van der Waals surface area contributed by atoms with E-state index in [-0.39, 0.29) is 5.69 Å². The van der Waals surface area contributed by atoms with Crippen molar-refractivity contribution >= 4 is 17.3 Å². The van der Waals surface area contributed by atoms with Crippen molar-refractivity contribution in [3.8, 4) is 0 Å². The molecular formula is C7H3ClF3NO. The van der Waals surface area contributed by atoms with E-state index in [1.54, 1.807) is 0 Å². The third kappa shape index (κ3) is 2.18. The number of halogens is 4. The van der Waals surface area contributed by atoms with E-state index in [1.807, 2.05) is 0 Å². The van der Waals surface area contributed by atoms with Crippen LogP contribution in [-0.4, -0.2) is 0 Å². The van der Waals surface area contributed by atoms with Crippen molar-refractivity contribution in [3.05, 3.63) is 33.7 Å². The average Bonchev–Trinajstić information content (AvgIpc) is 2.01. The second kappa shape index (κ2) is 3.33. The molecule has 0 fully saturated rings. The van der Waals surface area contributed by atoms with Gasteiger partial charge in [0.2, 0.25) is 0 Å². The van der Waals surface area contributed by atoms with Crippen LogP contribution in [0, 0.1) is 4.91 Å². The van der Waals surface area contributed by atoms with Gasteiger partial charge in [0, 0.05) is 0 Å². The molecule has 0 saturated carbocycles. The molecule has 13 heavy (non-hydrogen) atoms. The molecule has 2 nitrogen and oxygen atoms in total. The number of hydrogen-bond acceptors (Lipinski definition) is 2. The molecule has 0 aliphatic rings. The Hall–Kier alpha value is -1.10. The van der Waals surface area contributed by atoms with Gasteiger partial charge in [-0.2, -0.15) is 13.2 Å². The molecule has 6 heteroatoms. The summed E-state index contributed by atoms with van der Waals surface area (Å²) in [6, 6.07) is 2.55. The largest absolute Gasteiger partial charge is 0.417 e. The SMILES string of the molecule is O=Nc1ccc(C(F)(F)F)c(Cl)c1. The highest BCUT2D eigenvalue weighted by Gasteiger charge is 2.33. The Morgan fingerprint density at radius 2 is 1.92 bits per heavy atom. The van der Waals surface area contributed by atoms with Gasteiger partial charge in [-0.05, 0) is 23.4 Å². The highest BCUT2D eigenvalue weighted by molar-refractivity contribution is 6.31. The van der Waals surface area contributed by atoms with E-state index in [0.717, 1.165) is 18.2 Å². The van der Waals surface area contributed by atoms with Gasteiger partial charge in [0.1, 0.15) is 5.69 Å². The van der Waals surface area contributed by atoms with Gasteiger partial charge in [-0.25, -0.2) is 0 Å². The lowest BCUT2D eigenvalue weighted by Crippen LogP contribution is -2.05. The molecule has 0 unspecified atom stereocenters. The van der Waals surface area contributed by atoms with E-state index in [2.05, 4.69) is 5.18 Å². The summed E-state index contributed by atoms with van der Waals surface area (Å²) in [5.74, 6) is 0. The monoisotopic (exact) mass is 209 g/mol. The summed E-state index contributed by atoms with van der Waals surface area (Å²) in [5, 5.41) is 1.93. The van der Waals surface area contributed by atoms with Crippen LogP contribution in [-0.2, 0) is 6.18 Å². The van der Waals surface area contributed by atoms with Gasteiger partial charge >= 0.3 is 6.18 Å². The molecule has 0 spiro atoms. The first-order valence-corrected chi connectivity index (χ1v) is 3.53. The standard InChI is InChI=1S/C7H3ClF3NO/c8-6-3-4(12-13)1-2-5(6)7(9,10)11/h1-3H. The van der Waals surface area contributed by atoms with Crippen LogP contribution in [0.3, 0.4) is 0 Å². The first kappa shape index (κ1) is 9.98. The molecule has 1 aromatic rings. The summed E-state index contributed by atoms with van der Waals surface area (Å²) in [6.45, 7) is 0. The van der Waals surface area contributed by atoms with Crippen molar-refractivity contribution < 1.29 is 13.2 Å². The molecule has 0 amide bonds. The summed E-state index contributed by atoms with van der Waals surface area (Å²) in [7, 11) is 0. The minimum atomic E-state index is -4.50. The smallest absolute Gasteiger partial charge is 0.166 e. The van der Waals surface area contributed by atoms with Crippen LogP contribution in [0.4, 0.5) is 18.9 Å². The fraction of sp³-hybridized carbons (Fsp3) is 0.143. The second-order valence-electron chi connectivity index (χ2n) is 2.25. The number of hydrogen-bond donors (Lipinski definition) is 0. The van der Waals surface area contributed by atoms with E-state index in [0.29, 0.717) is 0 Å². The first-order valence-electron chi connectivity index (χ1n) is 3.15. The molecule has 0 bridgehead atoms. The van der Waals surface area contributed by atoms with Crippen LogP contribution >= 0.6 is 11.6 Å². The Kier molecular flexibility index (Phi) is 2.56. The molecule has 0 atom stereocenters. The quantitative estimate of drug-likeness (QED) is 0.648. The topological polar surface area (TPSA) is 29.4 Å². The lowest BCUT2D eigenvalue weighted by atomic mass is 10.2. The van der Waals surface area contributed by atoms with Crippen molar-refractivity contribution in [1.29, 1.82) is 0 Å². The molecule has 0 heterocycles. The van der Waals surface area contributed by atoms with E-state index in [4.69, 9.17) is 11.6 Å². The van der Waals surface area contributed by atoms with Crippen LogP contribution < -0.4 is 0 Å². The highest BCUT2D eigenvalue weighted by atomic mass is 35.5. The van der Waals surface area contributed by atoms with Gasteiger partial charge in [-0.3, -0.25) is 0 Å². The van der Waals surface area contributed by atoms with E-state index >= 15 is 0 Å². The molecule has 0 aromatic heterocycles. The van der Waals surface area contributed by atoms with Crippen LogP contribution in [0.1, 0.15) is 5.56 Å². The molecule has 0 saturated heterocycles. The normalized spacial score (nSPS) is 11.4. The summed E-state index contributed by atoms with van der Waals surface area (Å²) in [5.41, 5.74) is -1.10. The Balaban J connectivity index is 3.20. The van der Waals surface area contributed by atoms with Gasteiger partial charge < -0.3 is 0 Å². The van der Waals surface area contributed by atoms with E-state index in [1.165, 1.54) is 0 Å². The van der Waals surface area contributed by atoms with Crippen molar-refractivity contribution in [2.45, 2.75) is 6.18 Å². The zero-order chi connectivity index (χ0) is 10.1. The number of nitroso groups, excluding NO2 is 1. The maximum absolute atomic E-state index is 12.1. The van der Waals surface area contributed by atoms with Gasteiger partial charge in [0.25, 0.3) is 0 Å². The summed E-state index contributed by atoms with van der Waals surface area (Å²) >= 11 is 5.27. The van der Waals surface area contributed by atoms with Crippen LogP contribution in [0.2, 0.25) is 5.02 Å². The van der Waals surface area contributed by atoms with Crippen molar-refractivity contribution in [3.63, 3.8) is 0 Å². The van der Waals surface area contributed by atoms with Crippen LogP contribution in [0.25, 0.3) is 0 Å². The van der Waals surface area contributed by atoms with Crippen LogP contribution in [0.15, 0.2) is 23.4 Å². The Morgan fingerprint density at radius 1 is 1.31 bits per heavy atom. The number of rotatable bonds is 1. The first-order chi connectivity index (χ1) is 5.95. The predicted molar refractivity (Wildman–Crippen MR) is 41.9 cm³/mol. The molecule has 1 aromatic carbocycles. The third-order valence-corrected chi connectivity index (χ3v) is 1.68. The van der Waals surface area contributed by atoms with E-state index < -0.39 is 16.8 Å². The van der Waals surface area contributed by atoms with Crippen molar-refractivity contribution in [2.75, 3.05) is 0 Å². The molecule has 1 rings (SSSR count). The zero-order valence-electron chi connectivity index (χ0n) is 6.10. The highest BCUT2D eigenvalue weighted by Crippen LogP contribution is 2.36. The zero-order valence-corrected chi connectivity index (χ0v) is 6.86. The second-order valence-corrected chi connectivity index (χ2v) is 2.66. The van der Waals surface area contributed by atoms with Gasteiger partial charge in [0.05, 0.1) is 10.6 Å². The summed E-state index contributed by atoms with van der Waals surface area (Å²) < 4.78 is 36.3. The molecule has 0 aliphatic heterocycles. The Labute approximate surface area is 76.3 Å². The molecule has 70 valence electrons. The lowest BCUT2D eigenvalue weighted by molar-refractivity contribution is -0.137. The number of alkyl halides is 3. The third-order valence-electron chi connectivity index (χ3n) is 1.36. The Morgan fingerprint density at radius 3 is 2.31 bits per heavy atom. The van der Waals surface area contributed by atoms with E-state index in [9.17, 15) is 18.1 Å². The van der Waals surface area contributed by atoms with Gasteiger partial charge in [-0.1, -0.05) is 11.6 Å². The lowest BCUT2D eigenvalue weighted by Gasteiger charge is -2.07. The average molecular weight is 210 g/mol. The summed E-state index contributed by atoms with van der Waals surface area (Å²) in [6.07, 6.45) is -4.50. The molecule has 0 N–H and O–H groups in total. The fourth-order valence-electron chi connectivity index (χ4n) is 0.791. The Bertz CT molecular complexity index is 337. The molecule has 0 radical (unpaired) electrons. The number of nitrogens with zero attached hydrogens (tertiary/aromatic N) is 1. The maximum atomic E-state index is 12.1. The minimum absolute atomic E-state index is 0.127. The fourth-order valence-corrected chi connectivity index (χ4v) is 1.07. The van der Waals surface area contributed by atoms with Gasteiger partial charge in [-0.15, -0.1) is 4.91 Å². The maximum Gasteiger partial charge on any atom is 0.417 e. The van der Waals surface area contributed by atoms with Crippen molar-refractivity contribution in [2.24, 2.45) is 5.18 Å². The molecular weight excluding hydrogens is 207 g/mol.